The summed E-state index contributed by atoms with van der Waals surface area (Å²) in [6, 6.07) is 0. The number of benzene rings is 1. The van der Waals surface area contributed by atoms with Crippen LogP contribution in [0.1, 0.15) is 149 Å². The van der Waals surface area contributed by atoms with Gasteiger partial charge in [-0.05, 0) is 87.8 Å². The minimum atomic E-state index is -1.32. The second-order valence-corrected chi connectivity index (χ2v) is 16.6. The Morgan fingerprint density at radius 3 is 1.80 bits per heavy atom. The first-order chi connectivity index (χ1) is 25.3. The van der Waals surface area contributed by atoms with Gasteiger partial charge in [-0.3, -0.25) is 19.2 Å². The van der Waals surface area contributed by atoms with Crippen molar-refractivity contribution in [2.45, 2.75) is 190 Å². The molecule has 0 spiro atoms. The van der Waals surface area contributed by atoms with Crippen LogP contribution in [0.5, 0.6) is 11.5 Å². The first-order valence-electron chi connectivity index (χ1n) is 20.1. The smallest absolute Gasteiger partial charge is 0.303 e. The fourth-order valence-electron chi connectivity index (χ4n) is 7.84. The quantitative estimate of drug-likeness (QED) is 0.0992. The number of carbonyl (C=O) groups excluding carboxylic acids is 4. The molecular weight excluding hydrogens is 692 g/mol. The second-order valence-electron chi connectivity index (χ2n) is 16.6. The molecule has 1 saturated heterocycles. The number of fused-ring (bicyclic) bond motifs is 1. The maximum atomic E-state index is 12.4. The number of esters is 4. The van der Waals surface area contributed by atoms with Crippen molar-refractivity contribution >= 4 is 23.9 Å². The Morgan fingerprint density at radius 2 is 1.24 bits per heavy atom. The minimum absolute atomic E-state index is 0.288. The summed E-state index contributed by atoms with van der Waals surface area (Å²) in [5.41, 5.74) is 3.35. The van der Waals surface area contributed by atoms with Gasteiger partial charge in [-0.2, -0.15) is 0 Å². The molecule has 2 aliphatic heterocycles. The van der Waals surface area contributed by atoms with E-state index >= 15 is 0 Å². The molecular formula is C43H68O11. The third kappa shape index (κ3) is 13.2. The number of rotatable bonds is 19. The molecule has 0 unspecified atom stereocenters. The molecule has 0 bridgehead atoms. The lowest BCUT2D eigenvalue weighted by Crippen LogP contribution is -2.63. The zero-order chi connectivity index (χ0) is 40.3. The van der Waals surface area contributed by atoms with Crippen molar-refractivity contribution in [1.82, 2.24) is 0 Å². The van der Waals surface area contributed by atoms with Crippen molar-refractivity contribution in [3.05, 3.63) is 22.3 Å². The predicted octanol–water partition coefficient (Wildman–Crippen LogP) is 8.60. The van der Waals surface area contributed by atoms with Gasteiger partial charge < -0.3 is 33.2 Å². The van der Waals surface area contributed by atoms with Gasteiger partial charge in [-0.15, -0.1) is 0 Å². The SMILES string of the molecule is CC(=O)OC[C@H]1O[C@@H](Oc2c(C)c(C)c3c(c2C)CC[C@](C)(CCC[C@@H](C)CCC[C@@H](C)CCCC(C)C)O3)[C@H](OC(C)=O)[C@@H](OC(C)=O)[C@@H]1OC(C)=O. The summed E-state index contributed by atoms with van der Waals surface area (Å²) >= 11 is 0. The van der Waals surface area contributed by atoms with E-state index in [1.165, 1.54) is 72.6 Å². The molecule has 306 valence electrons. The van der Waals surface area contributed by atoms with Gasteiger partial charge in [0, 0.05) is 33.3 Å². The number of ether oxygens (including phenoxy) is 7. The van der Waals surface area contributed by atoms with E-state index in [0.717, 1.165) is 65.5 Å². The van der Waals surface area contributed by atoms with Crippen LogP contribution in [-0.2, 0) is 49.3 Å². The Bertz CT molecular complexity index is 1440. The largest absolute Gasteiger partial charge is 0.487 e. The van der Waals surface area contributed by atoms with Gasteiger partial charge in [-0.1, -0.05) is 72.6 Å². The van der Waals surface area contributed by atoms with Crippen LogP contribution in [-0.4, -0.2) is 66.8 Å². The molecule has 2 heterocycles. The average Bonchev–Trinajstić information content (AvgIpc) is 3.06. The van der Waals surface area contributed by atoms with Crippen LogP contribution in [0.3, 0.4) is 0 Å². The molecule has 2 aliphatic rings. The lowest BCUT2D eigenvalue weighted by molar-refractivity contribution is -0.288. The molecule has 0 saturated carbocycles. The van der Waals surface area contributed by atoms with E-state index in [0.29, 0.717) is 11.7 Å². The maximum absolute atomic E-state index is 12.4. The Labute approximate surface area is 323 Å². The Hall–Kier alpha value is -3.34. The number of carbonyl (C=O) groups is 4. The van der Waals surface area contributed by atoms with Crippen LogP contribution >= 0.6 is 0 Å². The summed E-state index contributed by atoms with van der Waals surface area (Å²) in [5, 5.41) is 0. The topological polar surface area (TPSA) is 133 Å². The van der Waals surface area contributed by atoms with E-state index in [-0.39, 0.29) is 12.2 Å². The van der Waals surface area contributed by atoms with Crippen LogP contribution in [0.2, 0.25) is 0 Å². The van der Waals surface area contributed by atoms with Gasteiger partial charge >= 0.3 is 23.9 Å². The molecule has 0 aromatic heterocycles. The Morgan fingerprint density at radius 1 is 0.704 bits per heavy atom. The van der Waals surface area contributed by atoms with Crippen LogP contribution in [0.4, 0.5) is 0 Å². The van der Waals surface area contributed by atoms with E-state index in [1.54, 1.807) is 0 Å². The molecule has 0 N–H and O–H groups in total. The molecule has 0 radical (unpaired) electrons. The Kier molecular flexibility index (Phi) is 17.1. The third-order valence-electron chi connectivity index (χ3n) is 11.0. The van der Waals surface area contributed by atoms with Gasteiger partial charge in [0.15, 0.2) is 12.2 Å². The second kappa shape index (κ2) is 20.5. The summed E-state index contributed by atoms with van der Waals surface area (Å²) in [6.45, 7) is 22.0. The molecule has 54 heavy (non-hydrogen) atoms. The normalized spacial score (nSPS) is 24.8. The van der Waals surface area contributed by atoms with Crippen LogP contribution in [0, 0.1) is 38.5 Å². The summed E-state index contributed by atoms with van der Waals surface area (Å²) in [6.07, 6.45) is 6.49. The Balaban J connectivity index is 1.77. The lowest BCUT2D eigenvalue weighted by Gasteiger charge is -2.44. The van der Waals surface area contributed by atoms with Crippen LogP contribution in [0.15, 0.2) is 0 Å². The predicted molar refractivity (Wildman–Crippen MR) is 205 cm³/mol. The highest BCUT2D eigenvalue weighted by molar-refractivity contribution is 5.69. The van der Waals surface area contributed by atoms with E-state index in [1.807, 2.05) is 20.8 Å². The standard InChI is InChI=1S/C43H68O11/c1-25(2)16-13-17-26(3)18-14-19-27(4)20-15-22-43(12)23-21-35-30(7)37(28(5)29(6)38(35)54-43)53-42-41(51-34(11)47)40(50-33(10)46)39(49-32(9)45)36(52-42)24-48-31(8)44/h25-27,36,39-42H,13-24H2,1-12H3/t26-,27-,36+,39+,40-,41+,42-,43-/m0/s1. The molecule has 11 heteroatoms. The first-order valence-corrected chi connectivity index (χ1v) is 20.1. The molecule has 1 aromatic carbocycles. The monoisotopic (exact) mass is 760 g/mol. The fraction of sp³-hybridized carbons (Fsp3) is 0.767. The van der Waals surface area contributed by atoms with E-state index in [9.17, 15) is 19.2 Å². The maximum Gasteiger partial charge on any atom is 0.303 e. The van der Waals surface area contributed by atoms with Crippen molar-refractivity contribution in [3.8, 4) is 11.5 Å². The molecule has 3 rings (SSSR count). The van der Waals surface area contributed by atoms with Crippen LogP contribution < -0.4 is 9.47 Å². The van der Waals surface area contributed by atoms with Gasteiger partial charge in [0.2, 0.25) is 12.4 Å². The van der Waals surface area contributed by atoms with E-state index in [2.05, 4.69) is 34.6 Å². The van der Waals surface area contributed by atoms with Crippen molar-refractivity contribution in [2.75, 3.05) is 6.61 Å². The van der Waals surface area contributed by atoms with Gasteiger partial charge in [0.25, 0.3) is 0 Å². The van der Waals surface area contributed by atoms with Crippen molar-refractivity contribution in [1.29, 1.82) is 0 Å². The minimum Gasteiger partial charge on any atom is -0.487 e. The van der Waals surface area contributed by atoms with Crippen LogP contribution in [0.25, 0.3) is 0 Å². The first kappa shape index (κ1) is 45.1. The van der Waals surface area contributed by atoms with E-state index in [4.69, 9.17) is 33.2 Å². The summed E-state index contributed by atoms with van der Waals surface area (Å²) in [5.74, 6) is 0.997. The molecule has 1 aromatic rings. The highest BCUT2D eigenvalue weighted by atomic mass is 16.7. The third-order valence-corrected chi connectivity index (χ3v) is 11.0. The molecule has 0 amide bonds. The van der Waals surface area contributed by atoms with Gasteiger partial charge in [-0.25, -0.2) is 0 Å². The zero-order valence-electron chi connectivity index (χ0n) is 35.1. The van der Waals surface area contributed by atoms with Gasteiger partial charge in [0.05, 0.1) is 0 Å². The van der Waals surface area contributed by atoms with E-state index < -0.39 is 54.6 Å². The van der Waals surface area contributed by atoms with Crippen molar-refractivity contribution in [2.24, 2.45) is 17.8 Å². The lowest BCUT2D eigenvalue weighted by atomic mass is 9.83. The summed E-state index contributed by atoms with van der Waals surface area (Å²) < 4.78 is 41.7. The number of hydrogen-bond donors (Lipinski definition) is 0. The van der Waals surface area contributed by atoms with Gasteiger partial charge in [0.1, 0.15) is 29.8 Å². The fourth-order valence-corrected chi connectivity index (χ4v) is 7.84. The summed E-state index contributed by atoms with van der Waals surface area (Å²) in [4.78, 5) is 48.6. The summed E-state index contributed by atoms with van der Waals surface area (Å²) in [7, 11) is 0. The zero-order valence-corrected chi connectivity index (χ0v) is 35.1. The molecule has 8 atom stereocenters. The molecule has 0 aliphatic carbocycles. The highest BCUT2D eigenvalue weighted by Crippen LogP contribution is 2.46. The highest BCUT2D eigenvalue weighted by Gasteiger charge is 2.53. The molecule has 1 fully saturated rings. The average molecular weight is 761 g/mol. The van der Waals surface area contributed by atoms with Crippen molar-refractivity contribution < 1.29 is 52.3 Å². The molecule has 11 nitrogen and oxygen atoms in total. The van der Waals surface area contributed by atoms with Crippen molar-refractivity contribution in [3.63, 3.8) is 0 Å². The number of hydrogen-bond acceptors (Lipinski definition) is 11.